The first-order chi connectivity index (χ1) is 4.34. The molecule has 3 heteroatoms. The molecule has 1 aromatic rings. The number of aryl methyl sites for hydroxylation is 1. The van der Waals surface area contributed by atoms with Crippen LogP contribution < -0.4 is 0 Å². The molecule has 0 fully saturated rings. The van der Waals surface area contributed by atoms with Gasteiger partial charge in [0, 0.05) is 18.0 Å². The molecular formula is C6H6N2S. The van der Waals surface area contributed by atoms with Crippen LogP contribution in [0.25, 0.3) is 0 Å². The van der Waals surface area contributed by atoms with Gasteiger partial charge >= 0.3 is 0 Å². The van der Waals surface area contributed by atoms with E-state index in [1.807, 2.05) is 24.6 Å². The number of aromatic amines is 1. The minimum Gasteiger partial charge on any atom is -0.355 e. The number of thioether (sulfide) groups is 1. The van der Waals surface area contributed by atoms with E-state index in [0.29, 0.717) is 0 Å². The Bertz CT molecular complexity index is 233. The highest BCUT2D eigenvalue weighted by Gasteiger charge is 1.95. The summed E-state index contributed by atoms with van der Waals surface area (Å²) in [6.07, 6.45) is 1.83. The van der Waals surface area contributed by atoms with E-state index in [4.69, 9.17) is 5.26 Å². The van der Waals surface area contributed by atoms with Crippen LogP contribution in [0, 0.1) is 17.6 Å². The zero-order chi connectivity index (χ0) is 6.69. The summed E-state index contributed by atoms with van der Waals surface area (Å²) in [6.45, 7) is 1.97. The molecule has 46 valence electrons. The van der Waals surface area contributed by atoms with Crippen molar-refractivity contribution in [3.05, 3.63) is 17.8 Å². The second kappa shape index (κ2) is 2.60. The molecule has 0 saturated heterocycles. The maximum atomic E-state index is 8.26. The van der Waals surface area contributed by atoms with Crippen LogP contribution in [0.1, 0.15) is 5.56 Å². The van der Waals surface area contributed by atoms with E-state index in [0.717, 1.165) is 22.4 Å². The number of thiocyanates is 1. The summed E-state index contributed by atoms with van der Waals surface area (Å²) in [7, 11) is 0. The monoisotopic (exact) mass is 138 g/mol. The van der Waals surface area contributed by atoms with Crippen molar-refractivity contribution in [3.8, 4) is 5.40 Å². The van der Waals surface area contributed by atoms with Gasteiger partial charge in [0.2, 0.25) is 0 Å². The summed E-state index contributed by atoms with van der Waals surface area (Å²) < 4.78 is 0. The lowest BCUT2D eigenvalue weighted by Crippen LogP contribution is -1.68. The summed E-state index contributed by atoms with van der Waals surface area (Å²) in [5.74, 6) is 0. The molecule has 0 spiro atoms. The van der Waals surface area contributed by atoms with Gasteiger partial charge in [0.05, 0.1) is 5.03 Å². The fourth-order valence-corrected chi connectivity index (χ4v) is 1.03. The van der Waals surface area contributed by atoms with Crippen LogP contribution in [0.3, 0.4) is 0 Å². The molecule has 0 aromatic carbocycles. The lowest BCUT2D eigenvalue weighted by atomic mass is 10.4. The molecule has 0 aliphatic carbocycles. The average Bonchev–Trinajstić information content (AvgIpc) is 2.18. The molecule has 1 heterocycles. The van der Waals surface area contributed by atoms with E-state index in [1.165, 1.54) is 0 Å². The highest BCUT2D eigenvalue weighted by Crippen LogP contribution is 2.17. The standard InChI is InChI=1S/C6H6N2S/c1-5-2-3-8-6(5)9-4-7/h2-3,8H,1H3. The smallest absolute Gasteiger partial charge is 0.140 e. The van der Waals surface area contributed by atoms with Gasteiger partial charge in [0.15, 0.2) is 0 Å². The van der Waals surface area contributed by atoms with Crippen LogP contribution in [0.2, 0.25) is 0 Å². The molecule has 0 radical (unpaired) electrons. The Hall–Kier alpha value is -0.880. The van der Waals surface area contributed by atoms with Gasteiger partial charge in [-0.25, -0.2) is 0 Å². The second-order valence-corrected chi connectivity index (χ2v) is 2.48. The summed E-state index contributed by atoms with van der Waals surface area (Å²) in [4.78, 5) is 2.95. The van der Waals surface area contributed by atoms with Crippen molar-refractivity contribution in [1.82, 2.24) is 4.98 Å². The van der Waals surface area contributed by atoms with Gasteiger partial charge < -0.3 is 4.98 Å². The Morgan fingerprint density at radius 2 is 2.56 bits per heavy atom. The van der Waals surface area contributed by atoms with Crippen molar-refractivity contribution in [2.45, 2.75) is 11.9 Å². The third-order valence-electron chi connectivity index (χ3n) is 1.05. The van der Waals surface area contributed by atoms with E-state index >= 15 is 0 Å². The molecule has 2 nitrogen and oxygen atoms in total. The fraction of sp³-hybridized carbons (Fsp3) is 0.167. The van der Waals surface area contributed by atoms with Crippen LogP contribution in [-0.2, 0) is 0 Å². The van der Waals surface area contributed by atoms with Gasteiger partial charge in [-0.15, -0.1) is 0 Å². The van der Waals surface area contributed by atoms with Crippen LogP contribution in [0.5, 0.6) is 0 Å². The van der Waals surface area contributed by atoms with E-state index in [-0.39, 0.29) is 0 Å². The lowest BCUT2D eigenvalue weighted by molar-refractivity contribution is 1.17. The average molecular weight is 138 g/mol. The predicted molar refractivity (Wildman–Crippen MR) is 37.0 cm³/mol. The van der Waals surface area contributed by atoms with E-state index in [1.54, 1.807) is 0 Å². The summed E-state index contributed by atoms with van der Waals surface area (Å²) in [6, 6.07) is 1.94. The zero-order valence-electron chi connectivity index (χ0n) is 5.01. The minimum absolute atomic E-state index is 0.942. The summed E-state index contributed by atoms with van der Waals surface area (Å²) >= 11 is 1.16. The third-order valence-corrected chi connectivity index (χ3v) is 1.79. The van der Waals surface area contributed by atoms with Crippen molar-refractivity contribution in [2.75, 3.05) is 0 Å². The Morgan fingerprint density at radius 1 is 1.78 bits per heavy atom. The Kier molecular flexibility index (Phi) is 1.81. The molecule has 1 rings (SSSR count). The minimum atomic E-state index is 0.942. The van der Waals surface area contributed by atoms with Crippen LogP contribution in [0.15, 0.2) is 17.3 Å². The molecule has 0 amide bonds. The maximum Gasteiger partial charge on any atom is 0.140 e. The highest BCUT2D eigenvalue weighted by molar-refractivity contribution is 8.03. The van der Waals surface area contributed by atoms with E-state index in [2.05, 4.69) is 4.98 Å². The molecule has 0 saturated carbocycles. The molecule has 0 atom stereocenters. The largest absolute Gasteiger partial charge is 0.355 e. The maximum absolute atomic E-state index is 8.26. The molecule has 0 aliphatic rings. The van der Waals surface area contributed by atoms with Crippen molar-refractivity contribution in [3.63, 3.8) is 0 Å². The number of hydrogen-bond donors (Lipinski definition) is 1. The molecule has 0 bridgehead atoms. The molecule has 9 heavy (non-hydrogen) atoms. The van der Waals surface area contributed by atoms with E-state index in [9.17, 15) is 0 Å². The van der Waals surface area contributed by atoms with Crippen LogP contribution >= 0.6 is 11.8 Å². The number of rotatable bonds is 1. The van der Waals surface area contributed by atoms with Gasteiger partial charge in [-0.05, 0) is 18.6 Å². The number of hydrogen-bond acceptors (Lipinski definition) is 2. The first-order valence-corrected chi connectivity index (χ1v) is 3.36. The Balaban J connectivity index is 2.84. The fourth-order valence-electron chi connectivity index (χ4n) is 0.587. The van der Waals surface area contributed by atoms with Gasteiger partial charge in [-0.2, -0.15) is 5.26 Å². The topological polar surface area (TPSA) is 39.6 Å². The number of aromatic nitrogens is 1. The number of H-pyrrole nitrogens is 1. The van der Waals surface area contributed by atoms with Crippen LogP contribution in [0.4, 0.5) is 0 Å². The summed E-state index contributed by atoms with van der Waals surface area (Å²) in [5, 5.41) is 11.2. The number of nitrogens with zero attached hydrogens (tertiary/aromatic N) is 1. The van der Waals surface area contributed by atoms with Gasteiger partial charge in [0.1, 0.15) is 5.40 Å². The van der Waals surface area contributed by atoms with Gasteiger partial charge in [-0.3, -0.25) is 0 Å². The lowest BCUT2D eigenvalue weighted by Gasteiger charge is -1.86. The first-order valence-electron chi connectivity index (χ1n) is 2.54. The van der Waals surface area contributed by atoms with Crippen molar-refractivity contribution in [1.29, 1.82) is 5.26 Å². The number of nitrogens with one attached hydrogen (secondary N) is 1. The van der Waals surface area contributed by atoms with Crippen LogP contribution in [-0.4, -0.2) is 4.98 Å². The second-order valence-electron chi connectivity index (χ2n) is 1.68. The first kappa shape index (κ1) is 6.24. The van der Waals surface area contributed by atoms with Crippen molar-refractivity contribution in [2.24, 2.45) is 0 Å². The highest BCUT2D eigenvalue weighted by atomic mass is 32.2. The third kappa shape index (κ3) is 1.27. The van der Waals surface area contributed by atoms with Gasteiger partial charge in [0.25, 0.3) is 0 Å². The molecule has 0 aliphatic heterocycles. The van der Waals surface area contributed by atoms with Gasteiger partial charge in [-0.1, -0.05) is 0 Å². The van der Waals surface area contributed by atoms with Crippen molar-refractivity contribution >= 4 is 11.8 Å². The van der Waals surface area contributed by atoms with Crippen molar-refractivity contribution < 1.29 is 0 Å². The molecule has 1 N–H and O–H groups in total. The Labute approximate surface area is 57.9 Å². The number of nitriles is 1. The molecular weight excluding hydrogens is 132 g/mol. The normalized spacial score (nSPS) is 8.89. The SMILES string of the molecule is Cc1cc[nH]c1SC#N. The molecule has 1 aromatic heterocycles. The summed E-state index contributed by atoms with van der Waals surface area (Å²) in [5.41, 5.74) is 1.13. The quantitative estimate of drug-likeness (QED) is 0.475. The Morgan fingerprint density at radius 3 is 3.00 bits per heavy atom. The predicted octanol–water partition coefficient (Wildman–Crippen LogP) is 1.90. The van der Waals surface area contributed by atoms with E-state index < -0.39 is 0 Å². The zero-order valence-corrected chi connectivity index (χ0v) is 5.83. The molecule has 0 unspecified atom stereocenters.